The van der Waals surface area contributed by atoms with Gasteiger partial charge in [-0.25, -0.2) is 0 Å². The van der Waals surface area contributed by atoms with Crippen molar-refractivity contribution in [2.75, 3.05) is 26.3 Å². The number of aliphatic carboxylic acids is 1. The maximum atomic E-state index is 10.9. The molecule has 1 unspecified atom stereocenters. The molecule has 0 bridgehead atoms. The number of aliphatic hydroxyl groups excluding tert-OH is 2. The first-order chi connectivity index (χ1) is 6.67. The van der Waals surface area contributed by atoms with Gasteiger partial charge in [-0.1, -0.05) is 13.3 Å². The minimum Gasteiger partial charge on any atom is -0.480 e. The third-order valence-corrected chi connectivity index (χ3v) is 2.06. The molecule has 0 aromatic rings. The van der Waals surface area contributed by atoms with Gasteiger partial charge in [0.25, 0.3) is 0 Å². The SMILES string of the molecule is CCCC(C(=O)O)N(CCO)CCO. The Morgan fingerprint density at radius 2 is 1.79 bits per heavy atom. The summed E-state index contributed by atoms with van der Waals surface area (Å²) >= 11 is 0. The van der Waals surface area contributed by atoms with Crippen molar-refractivity contribution >= 4 is 5.97 Å². The lowest BCUT2D eigenvalue weighted by atomic mass is 10.1. The zero-order valence-corrected chi connectivity index (χ0v) is 8.52. The van der Waals surface area contributed by atoms with Crippen LogP contribution < -0.4 is 0 Å². The quantitative estimate of drug-likeness (QED) is 0.499. The van der Waals surface area contributed by atoms with E-state index >= 15 is 0 Å². The molecule has 5 heteroatoms. The Hall–Kier alpha value is -0.650. The molecule has 0 aliphatic heterocycles. The molecule has 14 heavy (non-hydrogen) atoms. The van der Waals surface area contributed by atoms with Gasteiger partial charge in [0.05, 0.1) is 13.2 Å². The second kappa shape index (κ2) is 7.73. The summed E-state index contributed by atoms with van der Waals surface area (Å²) in [5, 5.41) is 26.4. The predicted molar refractivity (Wildman–Crippen MR) is 52.1 cm³/mol. The molecule has 84 valence electrons. The number of carbonyl (C=O) groups is 1. The van der Waals surface area contributed by atoms with Gasteiger partial charge in [-0.3, -0.25) is 9.69 Å². The molecule has 0 amide bonds. The zero-order chi connectivity index (χ0) is 11.0. The lowest BCUT2D eigenvalue weighted by Crippen LogP contribution is -2.44. The lowest BCUT2D eigenvalue weighted by molar-refractivity contribution is -0.144. The van der Waals surface area contributed by atoms with Gasteiger partial charge in [-0.15, -0.1) is 0 Å². The molecule has 0 heterocycles. The molecule has 1 atom stereocenters. The molecule has 0 saturated heterocycles. The van der Waals surface area contributed by atoms with Crippen LogP contribution in [0.15, 0.2) is 0 Å². The van der Waals surface area contributed by atoms with Gasteiger partial charge < -0.3 is 15.3 Å². The van der Waals surface area contributed by atoms with Crippen molar-refractivity contribution in [2.45, 2.75) is 25.8 Å². The number of nitrogens with zero attached hydrogens (tertiary/aromatic N) is 1. The van der Waals surface area contributed by atoms with Crippen molar-refractivity contribution < 1.29 is 20.1 Å². The average Bonchev–Trinajstić information content (AvgIpc) is 2.13. The molecule has 0 aromatic carbocycles. The largest absolute Gasteiger partial charge is 0.480 e. The van der Waals surface area contributed by atoms with Crippen molar-refractivity contribution in [1.82, 2.24) is 4.90 Å². The minimum atomic E-state index is -0.895. The van der Waals surface area contributed by atoms with Crippen LogP contribution in [0.2, 0.25) is 0 Å². The van der Waals surface area contributed by atoms with E-state index in [9.17, 15) is 4.79 Å². The summed E-state index contributed by atoms with van der Waals surface area (Å²) in [7, 11) is 0. The van der Waals surface area contributed by atoms with E-state index in [-0.39, 0.29) is 26.3 Å². The zero-order valence-electron chi connectivity index (χ0n) is 8.52. The van der Waals surface area contributed by atoms with Crippen LogP contribution in [0, 0.1) is 0 Å². The van der Waals surface area contributed by atoms with E-state index in [1.165, 1.54) is 0 Å². The molecule has 3 N–H and O–H groups in total. The van der Waals surface area contributed by atoms with Crippen LogP contribution in [-0.2, 0) is 4.79 Å². The second-order valence-corrected chi connectivity index (χ2v) is 3.13. The molecule has 0 fully saturated rings. The van der Waals surface area contributed by atoms with Gasteiger partial charge in [0.1, 0.15) is 6.04 Å². The molecule has 0 radical (unpaired) electrons. The van der Waals surface area contributed by atoms with E-state index in [1.807, 2.05) is 6.92 Å². The van der Waals surface area contributed by atoms with E-state index in [0.717, 1.165) is 6.42 Å². The summed E-state index contributed by atoms with van der Waals surface area (Å²) < 4.78 is 0. The highest BCUT2D eigenvalue weighted by atomic mass is 16.4. The Labute approximate surface area is 84.0 Å². The van der Waals surface area contributed by atoms with E-state index in [0.29, 0.717) is 6.42 Å². The fraction of sp³-hybridized carbons (Fsp3) is 0.889. The van der Waals surface area contributed by atoms with Crippen molar-refractivity contribution in [3.63, 3.8) is 0 Å². The molecular formula is C9H19NO4. The first-order valence-electron chi connectivity index (χ1n) is 4.85. The summed E-state index contributed by atoms with van der Waals surface area (Å²) in [5.41, 5.74) is 0. The molecule has 0 aromatic heterocycles. The van der Waals surface area contributed by atoms with Crippen LogP contribution in [0.5, 0.6) is 0 Å². The highest BCUT2D eigenvalue weighted by Crippen LogP contribution is 2.06. The van der Waals surface area contributed by atoms with Crippen LogP contribution in [0.3, 0.4) is 0 Å². The Bertz CT molecular complexity index is 157. The van der Waals surface area contributed by atoms with Gasteiger partial charge >= 0.3 is 5.97 Å². The number of aliphatic hydroxyl groups is 2. The number of hydrogen-bond acceptors (Lipinski definition) is 4. The number of rotatable bonds is 8. The second-order valence-electron chi connectivity index (χ2n) is 3.13. The molecule has 5 nitrogen and oxygen atoms in total. The van der Waals surface area contributed by atoms with E-state index in [1.54, 1.807) is 4.90 Å². The molecule has 0 aliphatic carbocycles. The third kappa shape index (κ3) is 4.55. The first kappa shape index (κ1) is 13.4. The van der Waals surface area contributed by atoms with Gasteiger partial charge in [0.2, 0.25) is 0 Å². The Morgan fingerprint density at radius 1 is 1.29 bits per heavy atom. The van der Waals surface area contributed by atoms with Gasteiger partial charge in [0, 0.05) is 13.1 Å². The number of hydrogen-bond donors (Lipinski definition) is 3. The van der Waals surface area contributed by atoms with Crippen molar-refractivity contribution in [1.29, 1.82) is 0 Å². The fourth-order valence-electron chi connectivity index (χ4n) is 1.42. The topological polar surface area (TPSA) is 81.0 Å². The highest BCUT2D eigenvalue weighted by Gasteiger charge is 2.23. The normalized spacial score (nSPS) is 13.1. The Kier molecular flexibility index (Phi) is 7.37. The van der Waals surface area contributed by atoms with Crippen molar-refractivity contribution in [3.8, 4) is 0 Å². The summed E-state index contributed by atoms with van der Waals surface area (Å²) in [4.78, 5) is 12.5. The fourth-order valence-corrected chi connectivity index (χ4v) is 1.42. The molecular weight excluding hydrogens is 186 g/mol. The number of carboxylic acid groups (broad SMARTS) is 1. The smallest absolute Gasteiger partial charge is 0.320 e. The van der Waals surface area contributed by atoms with E-state index < -0.39 is 12.0 Å². The first-order valence-corrected chi connectivity index (χ1v) is 4.85. The average molecular weight is 205 g/mol. The van der Waals surface area contributed by atoms with E-state index in [2.05, 4.69) is 0 Å². The highest BCUT2D eigenvalue weighted by molar-refractivity contribution is 5.73. The van der Waals surface area contributed by atoms with Gasteiger partial charge in [-0.2, -0.15) is 0 Å². The van der Waals surface area contributed by atoms with Gasteiger partial charge in [-0.05, 0) is 6.42 Å². The monoisotopic (exact) mass is 205 g/mol. The van der Waals surface area contributed by atoms with Crippen molar-refractivity contribution in [2.24, 2.45) is 0 Å². The minimum absolute atomic E-state index is 0.0898. The Balaban J connectivity index is 4.29. The van der Waals surface area contributed by atoms with Crippen LogP contribution in [0.25, 0.3) is 0 Å². The van der Waals surface area contributed by atoms with Crippen LogP contribution in [0.1, 0.15) is 19.8 Å². The molecule has 0 aliphatic rings. The summed E-state index contributed by atoms with van der Waals surface area (Å²) in [6, 6.07) is -0.598. The Morgan fingerprint density at radius 3 is 2.07 bits per heavy atom. The summed E-state index contributed by atoms with van der Waals surface area (Å²) in [6.45, 7) is 2.31. The summed E-state index contributed by atoms with van der Waals surface area (Å²) in [6.07, 6.45) is 1.31. The maximum absolute atomic E-state index is 10.9. The lowest BCUT2D eigenvalue weighted by Gasteiger charge is -2.27. The standard InChI is InChI=1S/C9H19NO4/c1-2-3-8(9(13)14)10(4-6-11)5-7-12/h8,11-12H,2-7H2,1H3,(H,13,14). The maximum Gasteiger partial charge on any atom is 0.320 e. The summed E-state index contributed by atoms with van der Waals surface area (Å²) in [5.74, 6) is -0.895. The molecule has 0 spiro atoms. The van der Waals surface area contributed by atoms with Crippen molar-refractivity contribution in [3.05, 3.63) is 0 Å². The van der Waals surface area contributed by atoms with Crippen LogP contribution >= 0.6 is 0 Å². The molecule has 0 rings (SSSR count). The van der Waals surface area contributed by atoms with Crippen LogP contribution in [-0.4, -0.2) is 58.5 Å². The molecule has 0 saturated carbocycles. The van der Waals surface area contributed by atoms with E-state index in [4.69, 9.17) is 15.3 Å². The predicted octanol–water partition coefficient (Wildman–Crippen LogP) is -0.474. The van der Waals surface area contributed by atoms with Crippen LogP contribution in [0.4, 0.5) is 0 Å². The number of carboxylic acids is 1. The van der Waals surface area contributed by atoms with Gasteiger partial charge in [0.15, 0.2) is 0 Å². The third-order valence-electron chi connectivity index (χ3n) is 2.06.